The van der Waals surface area contributed by atoms with Gasteiger partial charge in [0.1, 0.15) is 5.69 Å². The molecule has 0 unspecified atom stereocenters. The molecule has 64 valence electrons. The largest absolute Gasteiger partial charge is 0.464 e. The first-order chi connectivity index (χ1) is 5.83. The van der Waals surface area contributed by atoms with Crippen LogP contribution in [0.4, 0.5) is 0 Å². The van der Waals surface area contributed by atoms with Crippen LogP contribution in [0.15, 0.2) is 0 Å². The highest BCUT2D eigenvalue weighted by Gasteiger charge is 2.32. The van der Waals surface area contributed by atoms with Gasteiger partial charge in [0.2, 0.25) is 0 Å². The quantitative estimate of drug-likeness (QED) is 0.650. The molecule has 0 saturated heterocycles. The van der Waals surface area contributed by atoms with Crippen LogP contribution in [0.2, 0.25) is 0 Å². The van der Waals surface area contributed by atoms with Gasteiger partial charge in [-0.05, 0) is 12.8 Å². The first kappa shape index (κ1) is 7.27. The fraction of sp³-hybridized carbons (Fsp3) is 0.571. The molecule has 1 aliphatic carbocycles. The van der Waals surface area contributed by atoms with E-state index in [4.69, 9.17) is 0 Å². The number of aromatic amines is 1. The van der Waals surface area contributed by atoms with Crippen molar-refractivity contribution in [2.24, 2.45) is 0 Å². The van der Waals surface area contributed by atoms with Gasteiger partial charge in [-0.15, -0.1) is 5.10 Å². The van der Waals surface area contributed by atoms with Gasteiger partial charge in [0.15, 0.2) is 5.69 Å². The van der Waals surface area contributed by atoms with Crippen molar-refractivity contribution in [3.63, 3.8) is 0 Å². The lowest BCUT2D eigenvalue weighted by Crippen LogP contribution is -2.04. The molecule has 0 atom stereocenters. The molecule has 5 nitrogen and oxygen atoms in total. The number of esters is 1. The van der Waals surface area contributed by atoms with E-state index >= 15 is 0 Å². The summed E-state index contributed by atoms with van der Waals surface area (Å²) < 4.78 is 4.55. The smallest absolute Gasteiger partial charge is 0.360 e. The maximum atomic E-state index is 11.1. The van der Waals surface area contributed by atoms with Crippen LogP contribution in [0.25, 0.3) is 0 Å². The predicted molar refractivity (Wildman–Crippen MR) is 39.7 cm³/mol. The Bertz CT molecular complexity index is 303. The molecule has 1 aromatic rings. The zero-order chi connectivity index (χ0) is 8.55. The lowest BCUT2D eigenvalue weighted by Gasteiger charge is -1.94. The van der Waals surface area contributed by atoms with Crippen LogP contribution < -0.4 is 0 Å². The number of aromatic nitrogens is 3. The summed E-state index contributed by atoms with van der Waals surface area (Å²) in [6, 6.07) is 0. The molecule has 1 heterocycles. The number of nitrogens with zero attached hydrogens (tertiary/aromatic N) is 2. The second kappa shape index (κ2) is 2.58. The summed E-state index contributed by atoms with van der Waals surface area (Å²) in [6.45, 7) is 0. The van der Waals surface area contributed by atoms with E-state index in [2.05, 4.69) is 20.1 Å². The van der Waals surface area contributed by atoms with Gasteiger partial charge >= 0.3 is 5.97 Å². The van der Waals surface area contributed by atoms with Gasteiger partial charge in [-0.2, -0.15) is 10.3 Å². The average molecular weight is 167 g/mol. The van der Waals surface area contributed by atoms with E-state index in [1.165, 1.54) is 7.11 Å². The summed E-state index contributed by atoms with van der Waals surface area (Å²) in [6.07, 6.45) is 2.19. The normalized spacial score (nSPS) is 16.1. The Morgan fingerprint density at radius 3 is 2.92 bits per heavy atom. The number of hydrogen-bond donors (Lipinski definition) is 1. The molecule has 1 aromatic heterocycles. The van der Waals surface area contributed by atoms with Gasteiger partial charge in [-0.1, -0.05) is 0 Å². The monoisotopic (exact) mass is 167 g/mol. The first-order valence-corrected chi connectivity index (χ1v) is 3.82. The minimum Gasteiger partial charge on any atom is -0.464 e. The Morgan fingerprint density at radius 1 is 1.58 bits per heavy atom. The number of nitrogens with one attached hydrogen (secondary N) is 1. The molecular weight excluding hydrogens is 158 g/mol. The molecule has 0 aromatic carbocycles. The molecule has 1 fully saturated rings. The van der Waals surface area contributed by atoms with Gasteiger partial charge in [0.25, 0.3) is 0 Å². The minimum atomic E-state index is -0.411. The SMILES string of the molecule is COC(=O)c1n[nH]nc1C1CC1. The summed E-state index contributed by atoms with van der Waals surface area (Å²) in [5.74, 6) is 0.00324. The highest BCUT2D eigenvalue weighted by molar-refractivity contribution is 5.88. The molecular formula is C7H9N3O2. The third kappa shape index (κ3) is 1.07. The predicted octanol–water partition coefficient (Wildman–Crippen LogP) is 0.469. The van der Waals surface area contributed by atoms with Gasteiger partial charge < -0.3 is 4.74 Å². The van der Waals surface area contributed by atoms with E-state index in [1.807, 2.05) is 0 Å². The number of rotatable bonds is 2. The summed E-state index contributed by atoms with van der Waals surface area (Å²) in [5.41, 5.74) is 1.09. The zero-order valence-corrected chi connectivity index (χ0v) is 6.70. The van der Waals surface area contributed by atoms with E-state index in [1.54, 1.807) is 0 Å². The maximum absolute atomic E-state index is 11.1. The van der Waals surface area contributed by atoms with E-state index in [-0.39, 0.29) is 0 Å². The average Bonchev–Trinajstić information content (AvgIpc) is 2.83. The number of carbonyl (C=O) groups is 1. The van der Waals surface area contributed by atoms with Crippen molar-refractivity contribution in [2.45, 2.75) is 18.8 Å². The third-order valence-corrected chi connectivity index (χ3v) is 1.92. The van der Waals surface area contributed by atoms with Crippen LogP contribution >= 0.6 is 0 Å². The number of hydrogen-bond acceptors (Lipinski definition) is 4. The van der Waals surface area contributed by atoms with Crippen molar-refractivity contribution < 1.29 is 9.53 Å². The van der Waals surface area contributed by atoms with E-state index in [9.17, 15) is 4.79 Å². The molecule has 0 amide bonds. The Hall–Kier alpha value is -1.39. The molecule has 0 bridgehead atoms. The Balaban J connectivity index is 2.29. The number of H-pyrrole nitrogens is 1. The molecule has 12 heavy (non-hydrogen) atoms. The van der Waals surface area contributed by atoms with Crippen molar-refractivity contribution in [3.05, 3.63) is 11.4 Å². The van der Waals surface area contributed by atoms with Gasteiger partial charge in [-0.3, -0.25) is 0 Å². The van der Waals surface area contributed by atoms with E-state index in [0.29, 0.717) is 11.6 Å². The number of ether oxygens (including phenoxy) is 1. The molecule has 2 rings (SSSR count). The van der Waals surface area contributed by atoms with Gasteiger partial charge in [0, 0.05) is 5.92 Å². The van der Waals surface area contributed by atoms with Crippen molar-refractivity contribution in [3.8, 4) is 0 Å². The first-order valence-electron chi connectivity index (χ1n) is 3.82. The molecule has 1 saturated carbocycles. The second-order valence-corrected chi connectivity index (χ2v) is 2.82. The van der Waals surface area contributed by atoms with Gasteiger partial charge in [0.05, 0.1) is 7.11 Å². The summed E-state index contributed by atoms with van der Waals surface area (Å²) in [7, 11) is 1.34. The second-order valence-electron chi connectivity index (χ2n) is 2.82. The van der Waals surface area contributed by atoms with Crippen LogP contribution in [-0.2, 0) is 4.74 Å². The van der Waals surface area contributed by atoms with Crippen molar-refractivity contribution in [1.29, 1.82) is 0 Å². The lowest BCUT2D eigenvalue weighted by atomic mass is 10.2. The van der Waals surface area contributed by atoms with Crippen molar-refractivity contribution in [2.75, 3.05) is 7.11 Å². The van der Waals surface area contributed by atoms with Crippen LogP contribution in [-0.4, -0.2) is 28.5 Å². The van der Waals surface area contributed by atoms with Gasteiger partial charge in [-0.25, -0.2) is 4.79 Å². The highest BCUT2D eigenvalue weighted by Crippen LogP contribution is 2.39. The Morgan fingerprint density at radius 2 is 2.33 bits per heavy atom. The number of carbonyl (C=O) groups excluding carboxylic acids is 1. The van der Waals surface area contributed by atoms with Crippen LogP contribution in [0, 0.1) is 0 Å². The fourth-order valence-electron chi connectivity index (χ4n) is 1.13. The fourth-order valence-corrected chi connectivity index (χ4v) is 1.13. The molecule has 0 aliphatic heterocycles. The lowest BCUT2D eigenvalue weighted by molar-refractivity contribution is 0.0592. The van der Waals surface area contributed by atoms with Crippen molar-refractivity contribution >= 4 is 5.97 Å². The number of methoxy groups -OCH3 is 1. The van der Waals surface area contributed by atoms with Crippen LogP contribution in [0.3, 0.4) is 0 Å². The van der Waals surface area contributed by atoms with E-state index < -0.39 is 5.97 Å². The minimum absolute atomic E-state index is 0.333. The zero-order valence-electron chi connectivity index (χ0n) is 6.70. The maximum Gasteiger partial charge on any atom is 0.360 e. The summed E-state index contributed by atoms with van der Waals surface area (Å²) >= 11 is 0. The highest BCUT2D eigenvalue weighted by atomic mass is 16.5. The van der Waals surface area contributed by atoms with Crippen LogP contribution in [0.1, 0.15) is 34.9 Å². The van der Waals surface area contributed by atoms with E-state index in [0.717, 1.165) is 18.5 Å². The topological polar surface area (TPSA) is 67.9 Å². The van der Waals surface area contributed by atoms with Crippen molar-refractivity contribution in [1.82, 2.24) is 15.4 Å². The summed E-state index contributed by atoms with van der Waals surface area (Å²) in [4.78, 5) is 11.1. The molecule has 0 radical (unpaired) electrons. The molecule has 1 N–H and O–H groups in total. The molecule has 0 spiro atoms. The Kier molecular flexibility index (Phi) is 1.56. The van der Waals surface area contributed by atoms with Crippen LogP contribution in [0.5, 0.6) is 0 Å². The third-order valence-electron chi connectivity index (χ3n) is 1.92. The summed E-state index contributed by atoms with van der Waals surface area (Å²) in [5, 5.41) is 10.1. The standard InChI is InChI=1S/C7H9N3O2/c1-12-7(11)6-5(4-2-3-4)8-10-9-6/h4H,2-3H2,1H3,(H,8,9,10). The Labute approximate surface area is 69.1 Å². The molecule has 1 aliphatic rings. The molecule has 5 heteroatoms.